The fraction of sp³-hybridized carbons (Fsp3) is 0.333. The minimum atomic E-state index is -3.10. The number of carbonyl (C=O) groups excluding carboxylic acids is 1. The van der Waals surface area contributed by atoms with Crippen LogP contribution in [0, 0.1) is 0 Å². The van der Waals surface area contributed by atoms with Gasteiger partial charge in [-0.25, -0.2) is 8.42 Å². The third kappa shape index (κ3) is 4.04. The number of hydrogen-bond donors (Lipinski definition) is 0. The summed E-state index contributed by atoms with van der Waals surface area (Å²) in [6.45, 7) is 0. The fourth-order valence-electron chi connectivity index (χ4n) is 3.66. The van der Waals surface area contributed by atoms with Crippen LogP contribution in [-0.2, 0) is 9.84 Å². The Balaban J connectivity index is 1.68. The van der Waals surface area contributed by atoms with Crippen molar-refractivity contribution in [1.82, 2.24) is 0 Å². The van der Waals surface area contributed by atoms with Crippen LogP contribution in [-0.4, -0.2) is 63.5 Å². The molecule has 30 heavy (non-hydrogen) atoms. The van der Waals surface area contributed by atoms with Crippen molar-refractivity contribution in [2.45, 2.75) is 11.3 Å². The van der Waals surface area contributed by atoms with Crippen molar-refractivity contribution < 1.29 is 17.9 Å². The molecule has 0 aliphatic carbocycles. The molecule has 2 aliphatic heterocycles. The van der Waals surface area contributed by atoms with Gasteiger partial charge in [0.2, 0.25) is 0 Å². The highest BCUT2D eigenvalue weighted by atomic mass is 32.2. The van der Waals surface area contributed by atoms with Crippen LogP contribution in [0.2, 0.25) is 0 Å². The van der Waals surface area contributed by atoms with E-state index in [1.54, 1.807) is 31.4 Å². The molecule has 2 atom stereocenters. The molecule has 0 spiro atoms. The van der Waals surface area contributed by atoms with Crippen molar-refractivity contribution in [2.24, 2.45) is 4.99 Å². The summed E-state index contributed by atoms with van der Waals surface area (Å²) in [6.07, 6.45) is 0. The first-order valence-corrected chi connectivity index (χ1v) is 12.2. The Morgan fingerprint density at radius 3 is 2.37 bits per heavy atom. The van der Waals surface area contributed by atoms with Crippen molar-refractivity contribution in [3.8, 4) is 5.75 Å². The highest BCUT2D eigenvalue weighted by Crippen LogP contribution is 2.41. The highest BCUT2D eigenvalue weighted by molar-refractivity contribution is 8.16. The molecule has 1 amide bonds. The highest BCUT2D eigenvalue weighted by Gasteiger charge is 2.49. The second-order valence-electron chi connectivity index (χ2n) is 7.51. The molecule has 0 radical (unpaired) electrons. The molecule has 2 aromatic rings. The molecule has 2 heterocycles. The van der Waals surface area contributed by atoms with Gasteiger partial charge in [-0.05, 0) is 48.5 Å². The third-order valence-electron chi connectivity index (χ3n) is 5.25. The SMILES string of the molecule is COc1ccc(C(=O)N=C2S[C@@H]3CS(=O)(=O)C[C@H]3N2c2ccc(N(C)C)cc2)cc1. The van der Waals surface area contributed by atoms with Gasteiger partial charge in [0.05, 0.1) is 24.7 Å². The van der Waals surface area contributed by atoms with Crippen molar-refractivity contribution in [2.75, 3.05) is 42.5 Å². The van der Waals surface area contributed by atoms with Crippen LogP contribution in [0.25, 0.3) is 0 Å². The normalized spacial score (nSPS) is 23.4. The molecule has 2 aromatic carbocycles. The maximum atomic E-state index is 12.8. The molecule has 0 unspecified atom stereocenters. The molecule has 9 heteroatoms. The number of amidine groups is 1. The number of nitrogens with zero attached hydrogens (tertiary/aromatic N) is 3. The molecule has 0 bridgehead atoms. The number of methoxy groups -OCH3 is 1. The Kier molecular flexibility index (Phi) is 5.50. The molecule has 0 saturated carbocycles. The number of thioether (sulfide) groups is 1. The minimum Gasteiger partial charge on any atom is -0.497 e. The molecule has 0 N–H and O–H groups in total. The first-order valence-electron chi connectivity index (χ1n) is 9.48. The second-order valence-corrected chi connectivity index (χ2v) is 10.9. The fourth-order valence-corrected chi connectivity index (χ4v) is 7.58. The first kappa shape index (κ1) is 20.7. The summed E-state index contributed by atoms with van der Waals surface area (Å²) >= 11 is 1.37. The van der Waals surface area contributed by atoms with Crippen LogP contribution in [0.4, 0.5) is 11.4 Å². The number of ether oxygens (including phenoxy) is 1. The summed E-state index contributed by atoms with van der Waals surface area (Å²) in [7, 11) is 2.38. The number of sulfone groups is 1. The average molecular weight is 446 g/mol. The van der Waals surface area contributed by atoms with Gasteiger partial charge in [-0.15, -0.1) is 0 Å². The van der Waals surface area contributed by atoms with Crippen molar-refractivity contribution >= 4 is 44.0 Å². The second kappa shape index (κ2) is 7.96. The van der Waals surface area contributed by atoms with Gasteiger partial charge in [0, 0.05) is 36.3 Å². The zero-order chi connectivity index (χ0) is 21.5. The lowest BCUT2D eigenvalue weighted by Crippen LogP contribution is -2.37. The number of carbonyl (C=O) groups is 1. The van der Waals surface area contributed by atoms with E-state index >= 15 is 0 Å². The van der Waals surface area contributed by atoms with Crippen LogP contribution >= 0.6 is 11.8 Å². The number of amides is 1. The van der Waals surface area contributed by atoms with E-state index < -0.39 is 9.84 Å². The molecular formula is C21H23N3O4S2. The van der Waals surface area contributed by atoms with E-state index in [1.807, 2.05) is 48.2 Å². The van der Waals surface area contributed by atoms with Gasteiger partial charge in [0.15, 0.2) is 15.0 Å². The van der Waals surface area contributed by atoms with Crippen LogP contribution in [0.3, 0.4) is 0 Å². The number of aliphatic imine (C=N–C) groups is 1. The summed E-state index contributed by atoms with van der Waals surface area (Å²) in [5.74, 6) is 0.468. The van der Waals surface area contributed by atoms with Crippen molar-refractivity contribution in [3.63, 3.8) is 0 Å². The smallest absolute Gasteiger partial charge is 0.279 e. The van der Waals surface area contributed by atoms with E-state index in [4.69, 9.17) is 4.74 Å². The van der Waals surface area contributed by atoms with E-state index in [0.29, 0.717) is 16.5 Å². The molecule has 7 nitrogen and oxygen atoms in total. The summed E-state index contributed by atoms with van der Waals surface area (Å²) < 4.78 is 29.6. The maximum absolute atomic E-state index is 12.8. The van der Waals surface area contributed by atoms with E-state index in [9.17, 15) is 13.2 Å². The number of fused-ring (bicyclic) bond motifs is 1. The number of benzene rings is 2. The molecule has 2 aliphatic rings. The largest absolute Gasteiger partial charge is 0.497 e. The standard InChI is InChI=1S/C21H23N3O4S2/c1-23(2)15-6-8-16(9-7-15)24-18-12-30(26,27)13-19(18)29-21(24)22-20(25)14-4-10-17(28-3)11-5-14/h4-11,18-19H,12-13H2,1-3H3/t18-,19-/m1/s1. The van der Waals surface area contributed by atoms with Gasteiger partial charge in [-0.2, -0.15) is 4.99 Å². The minimum absolute atomic E-state index is 0.0653. The van der Waals surface area contributed by atoms with E-state index in [1.165, 1.54) is 11.8 Å². The Bertz CT molecular complexity index is 1080. The van der Waals surface area contributed by atoms with Gasteiger partial charge >= 0.3 is 0 Å². The van der Waals surface area contributed by atoms with Crippen molar-refractivity contribution in [1.29, 1.82) is 0 Å². The predicted octanol–water partition coefficient (Wildman–Crippen LogP) is 2.68. The van der Waals surface area contributed by atoms with Crippen LogP contribution in [0.1, 0.15) is 10.4 Å². The Morgan fingerprint density at radius 1 is 1.10 bits per heavy atom. The lowest BCUT2D eigenvalue weighted by molar-refractivity contribution is 0.100. The molecule has 158 valence electrons. The van der Waals surface area contributed by atoms with E-state index in [0.717, 1.165) is 11.4 Å². The monoisotopic (exact) mass is 445 g/mol. The third-order valence-corrected chi connectivity index (χ3v) is 8.45. The van der Waals surface area contributed by atoms with E-state index in [-0.39, 0.29) is 28.7 Å². The average Bonchev–Trinajstić information content (AvgIpc) is 3.18. The van der Waals surface area contributed by atoms with Crippen LogP contribution in [0.15, 0.2) is 53.5 Å². The number of hydrogen-bond acceptors (Lipinski definition) is 6. The molecular weight excluding hydrogens is 422 g/mol. The molecule has 2 saturated heterocycles. The quantitative estimate of drug-likeness (QED) is 0.716. The lowest BCUT2D eigenvalue weighted by atomic mass is 10.2. The zero-order valence-corrected chi connectivity index (χ0v) is 18.6. The van der Waals surface area contributed by atoms with Gasteiger partial charge in [-0.1, -0.05) is 11.8 Å². The summed E-state index contributed by atoms with van der Waals surface area (Å²) in [4.78, 5) is 21.0. The Hall–Kier alpha value is -2.52. The number of anilines is 2. The van der Waals surface area contributed by atoms with Gasteiger partial charge in [0.25, 0.3) is 5.91 Å². The topological polar surface area (TPSA) is 79.3 Å². The number of rotatable bonds is 4. The van der Waals surface area contributed by atoms with Crippen LogP contribution in [0.5, 0.6) is 5.75 Å². The molecule has 4 rings (SSSR count). The van der Waals surface area contributed by atoms with Gasteiger partial charge in [-0.3, -0.25) is 4.79 Å². The summed E-state index contributed by atoms with van der Waals surface area (Å²) in [5, 5.41) is 0.407. The summed E-state index contributed by atoms with van der Waals surface area (Å²) in [6, 6.07) is 14.4. The zero-order valence-electron chi connectivity index (χ0n) is 17.0. The van der Waals surface area contributed by atoms with Crippen molar-refractivity contribution in [3.05, 3.63) is 54.1 Å². The first-order chi connectivity index (χ1) is 14.3. The van der Waals surface area contributed by atoms with Crippen LogP contribution < -0.4 is 14.5 Å². The Morgan fingerprint density at radius 2 is 1.77 bits per heavy atom. The maximum Gasteiger partial charge on any atom is 0.279 e. The molecule has 2 fully saturated rings. The van der Waals surface area contributed by atoms with E-state index in [2.05, 4.69) is 4.99 Å². The Labute approximate surface area is 180 Å². The van der Waals surface area contributed by atoms with Gasteiger partial charge in [0.1, 0.15) is 5.75 Å². The van der Waals surface area contributed by atoms with Gasteiger partial charge < -0.3 is 14.5 Å². The molecule has 0 aromatic heterocycles. The predicted molar refractivity (Wildman–Crippen MR) is 122 cm³/mol. The lowest BCUT2D eigenvalue weighted by Gasteiger charge is -2.25. The summed E-state index contributed by atoms with van der Waals surface area (Å²) in [5.41, 5.74) is 2.32.